The molecule has 23 heavy (non-hydrogen) atoms. The fraction of sp³-hybridized carbons (Fsp3) is 0.278. The maximum Gasteiger partial charge on any atom is 0.228 e. The zero-order chi connectivity index (χ0) is 16.1. The summed E-state index contributed by atoms with van der Waals surface area (Å²) < 4.78 is 1.84. The Morgan fingerprint density at radius 2 is 2.09 bits per heavy atom. The number of aryl methyl sites for hydroxylation is 3. The Labute approximate surface area is 134 Å². The molecule has 2 aromatic heterocycles. The lowest BCUT2D eigenvalue weighted by Crippen LogP contribution is -2.04. The Hall–Kier alpha value is -2.69. The first-order valence-electron chi connectivity index (χ1n) is 7.85. The van der Waals surface area contributed by atoms with Crippen LogP contribution in [0.2, 0.25) is 0 Å². The third-order valence-electron chi connectivity index (χ3n) is 4.40. The number of amides is 1. The minimum absolute atomic E-state index is 0.0610. The molecule has 0 spiro atoms. The Kier molecular flexibility index (Phi) is 2.98. The van der Waals surface area contributed by atoms with Gasteiger partial charge in [0, 0.05) is 23.9 Å². The fourth-order valence-electron chi connectivity index (χ4n) is 3.27. The average Bonchev–Trinajstić information content (AvgIpc) is 3.09. The summed E-state index contributed by atoms with van der Waals surface area (Å²) in [5.41, 5.74) is 7.31. The number of benzene rings is 1. The third-order valence-corrected chi connectivity index (χ3v) is 4.40. The van der Waals surface area contributed by atoms with Crippen molar-refractivity contribution < 1.29 is 4.79 Å². The standard InChI is InChI=1S/C18H18N4O/c1-4-14-19-18-16(10(2)5-6-22(18)21-14)12-7-11(3)17-13(8-12)9-15(23)20-17/h5-8H,4,9H2,1-3H3,(H,20,23). The molecular weight excluding hydrogens is 288 g/mol. The summed E-state index contributed by atoms with van der Waals surface area (Å²) in [7, 11) is 0. The molecule has 5 heteroatoms. The van der Waals surface area contributed by atoms with Crippen LogP contribution in [0.25, 0.3) is 16.8 Å². The predicted octanol–water partition coefficient (Wildman–Crippen LogP) is 3.07. The van der Waals surface area contributed by atoms with Gasteiger partial charge in [-0.2, -0.15) is 5.10 Å². The molecule has 3 aromatic rings. The first-order chi connectivity index (χ1) is 11.1. The molecule has 0 radical (unpaired) electrons. The van der Waals surface area contributed by atoms with Crippen LogP contribution in [0.4, 0.5) is 5.69 Å². The number of anilines is 1. The molecule has 3 heterocycles. The van der Waals surface area contributed by atoms with Crippen molar-refractivity contribution >= 4 is 17.2 Å². The van der Waals surface area contributed by atoms with Crippen LogP contribution in [0.15, 0.2) is 24.4 Å². The van der Waals surface area contributed by atoms with Gasteiger partial charge in [-0.3, -0.25) is 4.79 Å². The summed E-state index contributed by atoms with van der Waals surface area (Å²) in [6.45, 7) is 6.17. The van der Waals surface area contributed by atoms with Crippen LogP contribution in [-0.4, -0.2) is 20.5 Å². The second kappa shape index (κ2) is 4.91. The van der Waals surface area contributed by atoms with E-state index in [4.69, 9.17) is 0 Å². The van der Waals surface area contributed by atoms with E-state index in [-0.39, 0.29) is 5.91 Å². The summed E-state index contributed by atoms with van der Waals surface area (Å²) in [6, 6.07) is 6.28. The van der Waals surface area contributed by atoms with Gasteiger partial charge in [0.25, 0.3) is 0 Å². The molecule has 0 saturated carbocycles. The average molecular weight is 306 g/mol. The summed E-state index contributed by atoms with van der Waals surface area (Å²) in [6.07, 6.45) is 3.20. The van der Waals surface area contributed by atoms with Crippen molar-refractivity contribution in [2.45, 2.75) is 33.6 Å². The van der Waals surface area contributed by atoms with E-state index in [0.29, 0.717) is 6.42 Å². The van der Waals surface area contributed by atoms with Crippen molar-refractivity contribution in [2.75, 3.05) is 5.32 Å². The second-order valence-corrected chi connectivity index (χ2v) is 6.08. The molecule has 1 aliphatic heterocycles. The van der Waals surface area contributed by atoms with Crippen LogP contribution < -0.4 is 5.32 Å². The van der Waals surface area contributed by atoms with E-state index >= 15 is 0 Å². The summed E-state index contributed by atoms with van der Waals surface area (Å²) >= 11 is 0. The number of carbonyl (C=O) groups excluding carboxylic acids is 1. The van der Waals surface area contributed by atoms with E-state index in [0.717, 1.165) is 51.4 Å². The van der Waals surface area contributed by atoms with Crippen LogP contribution in [0.5, 0.6) is 0 Å². The number of rotatable bonds is 2. The van der Waals surface area contributed by atoms with Gasteiger partial charge >= 0.3 is 0 Å². The smallest absolute Gasteiger partial charge is 0.228 e. The molecule has 1 aliphatic rings. The van der Waals surface area contributed by atoms with Crippen molar-refractivity contribution in [3.63, 3.8) is 0 Å². The zero-order valence-electron chi connectivity index (χ0n) is 13.5. The van der Waals surface area contributed by atoms with Crippen LogP contribution in [0.1, 0.15) is 29.4 Å². The van der Waals surface area contributed by atoms with E-state index in [9.17, 15) is 4.79 Å². The van der Waals surface area contributed by atoms with E-state index in [1.807, 2.05) is 17.6 Å². The molecule has 0 aliphatic carbocycles. The molecule has 0 unspecified atom stereocenters. The maximum absolute atomic E-state index is 11.7. The molecule has 0 atom stereocenters. The fourth-order valence-corrected chi connectivity index (χ4v) is 3.27. The lowest BCUT2D eigenvalue weighted by atomic mass is 9.96. The van der Waals surface area contributed by atoms with Gasteiger partial charge in [0.1, 0.15) is 0 Å². The Morgan fingerprint density at radius 1 is 1.26 bits per heavy atom. The molecule has 4 rings (SSSR count). The quantitative estimate of drug-likeness (QED) is 0.791. The van der Waals surface area contributed by atoms with Crippen LogP contribution >= 0.6 is 0 Å². The number of carbonyl (C=O) groups is 1. The van der Waals surface area contributed by atoms with E-state index < -0.39 is 0 Å². The number of hydrogen-bond donors (Lipinski definition) is 1. The topological polar surface area (TPSA) is 59.3 Å². The lowest BCUT2D eigenvalue weighted by Gasteiger charge is -2.11. The van der Waals surface area contributed by atoms with Gasteiger partial charge in [-0.1, -0.05) is 6.92 Å². The van der Waals surface area contributed by atoms with Gasteiger partial charge in [0.15, 0.2) is 11.5 Å². The molecule has 0 saturated heterocycles. The number of pyridine rings is 1. The monoisotopic (exact) mass is 306 g/mol. The molecule has 1 N–H and O–H groups in total. The molecule has 0 bridgehead atoms. The van der Waals surface area contributed by atoms with Gasteiger partial charge in [0.05, 0.1) is 6.42 Å². The zero-order valence-corrected chi connectivity index (χ0v) is 13.5. The van der Waals surface area contributed by atoms with Crippen molar-refractivity contribution in [1.82, 2.24) is 14.6 Å². The minimum atomic E-state index is 0.0610. The number of aromatic nitrogens is 3. The summed E-state index contributed by atoms with van der Waals surface area (Å²) in [5.74, 6) is 0.900. The second-order valence-electron chi connectivity index (χ2n) is 6.08. The van der Waals surface area contributed by atoms with E-state index in [1.165, 1.54) is 0 Å². The highest BCUT2D eigenvalue weighted by atomic mass is 16.1. The highest BCUT2D eigenvalue weighted by molar-refractivity contribution is 6.01. The van der Waals surface area contributed by atoms with Crippen molar-refractivity contribution in [3.05, 3.63) is 46.9 Å². The van der Waals surface area contributed by atoms with Gasteiger partial charge < -0.3 is 5.32 Å². The normalized spacial score (nSPS) is 13.4. The van der Waals surface area contributed by atoms with Crippen molar-refractivity contribution in [2.24, 2.45) is 0 Å². The minimum Gasteiger partial charge on any atom is -0.325 e. The summed E-state index contributed by atoms with van der Waals surface area (Å²) in [4.78, 5) is 16.4. The molecule has 1 aromatic carbocycles. The largest absolute Gasteiger partial charge is 0.325 e. The summed E-state index contributed by atoms with van der Waals surface area (Å²) in [5, 5.41) is 7.44. The molecule has 116 valence electrons. The van der Waals surface area contributed by atoms with Crippen LogP contribution in [-0.2, 0) is 17.6 Å². The predicted molar refractivity (Wildman–Crippen MR) is 89.6 cm³/mol. The maximum atomic E-state index is 11.7. The number of nitrogens with one attached hydrogen (secondary N) is 1. The number of fused-ring (bicyclic) bond motifs is 2. The van der Waals surface area contributed by atoms with E-state index in [2.05, 4.69) is 47.4 Å². The van der Waals surface area contributed by atoms with Gasteiger partial charge in [0.2, 0.25) is 5.91 Å². The highest BCUT2D eigenvalue weighted by Crippen LogP contribution is 2.35. The Morgan fingerprint density at radius 3 is 2.87 bits per heavy atom. The van der Waals surface area contributed by atoms with Crippen LogP contribution in [0, 0.1) is 13.8 Å². The van der Waals surface area contributed by atoms with Crippen LogP contribution in [0.3, 0.4) is 0 Å². The molecule has 5 nitrogen and oxygen atoms in total. The molecule has 0 fully saturated rings. The van der Waals surface area contributed by atoms with E-state index in [1.54, 1.807) is 0 Å². The Balaban J connectivity index is 1.98. The van der Waals surface area contributed by atoms with Gasteiger partial charge in [-0.05, 0) is 54.3 Å². The highest BCUT2D eigenvalue weighted by Gasteiger charge is 2.22. The third kappa shape index (κ3) is 2.11. The number of hydrogen-bond acceptors (Lipinski definition) is 3. The van der Waals surface area contributed by atoms with Crippen molar-refractivity contribution in [1.29, 1.82) is 0 Å². The molecule has 1 amide bonds. The number of nitrogens with zero attached hydrogens (tertiary/aromatic N) is 3. The lowest BCUT2D eigenvalue weighted by molar-refractivity contribution is -0.115. The Bertz CT molecular complexity index is 955. The SMILES string of the molecule is CCc1nc2c(-c3cc(C)c4c(c3)CC(=O)N4)c(C)ccn2n1. The molecular formula is C18H18N4O. The van der Waals surface area contributed by atoms with Gasteiger partial charge in [-0.15, -0.1) is 0 Å². The first kappa shape index (κ1) is 13.9. The first-order valence-corrected chi connectivity index (χ1v) is 7.85. The van der Waals surface area contributed by atoms with Gasteiger partial charge in [-0.25, -0.2) is 9.50 Å². The van der Waals surface area contributed by atoms with Crippen molar-refractivity contribution in [3.8, 4) is 11.1 Å².